The molecular formula is C17H30N2O3. The van der Waals surface area contributed by atoms with Gasteiger partial charge in [0.15, 0.2) is 0 Å². The molecule has 1 saturated heterocycles. The van der Waals surface area contributed by atoms with Gasteiger partial charge in [0.25, 0.3) is 0 Å². The van der Waals surface area contributed by atoms with Crippen LogP contribution in [0.3, 0.4) is 0 Å². The lowest BCUT2D eigenvalue weighted by molar-refractivity contribution is -0.146. The number of likely N-dealkylation sites (tertiary alicyclic amines) is 1. The molecule has 1 saturated carbocycles. The third kappa shape index (κ3) is 4.00. The summed E-state index contributed by atoms with van der Waals surface area (Å²) in [6.45, 7) is 11.2. The Balaban J connectivity index is 1.86. The number of carbonyl (C=O) groups excluding carboxylic acids is 2. The lowest BCUT2D eigenvalue weighted by Crippen LogP contribution is -2.46. The van der Waals surface area contributed by atoms with Crippen LogP contribution in [0.4, 0.5) is 0 Å². The highest BCUT2D eigenvalue weighted by atomic mass is 16.5. The molecule has 126 valence electrons. The second-order valence-corrected chi connectivity index (χ2v) is 7.95. The van der Waals surface area contributed by atoms with E-state index in [0.29, 0.717) is 26.3 Å². The zero-order valence-corrected chi connectivity index (χ0v) is 14.4. The molecule has 2 unspecified atom stereocenters. The topological polar surface area (TPSA) is 58.6 Å². The fraction of sp³-hybridized carbons (Fsp3) is 0.882. The predicted octanol–water partition coefficient (Wildman–Crippen LogP) is 1.96. The van der Waals surface area contributed by atoms with Crippen molar-refractivity contribution in [3.05, 3.63) is 0 Å². The van der Waals surface area contributed by atoms with Crippen LogP contribution in [-0.2, 0) is 14.3 Å². The van der Waals surface area contributed by atoms with Gasteiger partial charge in [-0.2, -0.15) is 0 Å². The molecule has 2 amide bonds. The summed E-state index contributed by atoms with van der Waals surface area (Å²) in [5, 5.41) is 2.72. The van der Waals surface area contributed by atoms with Crippen LogP contribution in [0, 0.1) is 10.8 Å². The molecule has 2 aliphatic rings. The third-order valence-corrected chi connectivity index (χ3v) is 4.83. The van der Waals surface area contributed by atoms with E-state index in [1.54, 1.807) is 0 Å². The first kappa shape index (κ1) is 17.3. The van der Waals surface area contributed by atoms with Crippen molar-refractivity contribution in [1.29, 1.82) is 0 Å². The number of amides is 2. The van der Waals surface area contributed by atoms with E-state index in [0.717, 1.165) is 25.7 Å². The molecule has 5 nitrogen and oxygen atoms in total. The molecule has 0 aromatic heterocycles. The van der Waals surface area contributed by atoms with Gasteiger partial charge in [-0.25, -0.2) is 0 Å². The normalized spacial score (nSPS) is 29.5. The van der Waals surface area contributed by atoms with Gasteiger partial charge < -0.3 is 15.0 Å². The quantitative estimate of drug-likeness (QED) is 0.624. The highest BCUT2D eigenvalue weighted by Crippen LogP contribution is 2.52. The Bertz CT molecular complexity index is 436. The van der Waals surface area contributed by atoms with Gasteiger partial charge in [0, 0.05) is 32.3 Å². The molecule has 5 heteroatoms. The molecule has 22 heavy (non-hydrogen) atoms. The summed E-state index contributed by atoms with van der Waals surface area (Å²) in [6, 6.07) is 0.218. The molecule has 0 aromatic carbocycles. The fourth-order valence-electron chi connectivity index (χ4n) is 4.42. The van der Waals surface area contributed by atoms with Gasteiger partial charge in [-0.3, -0.25) is 9.59 Å². The van der Waals surface area contributed by atoms with E-state index in [9.17, 15) is 9.59 Å². The lowest BCUT2D eigenvalue weighted by atomic mass is 9.65. The highest BCUT2D eigenvalue weighted by molar-refractivity contribution is 6.35. The van der Waals surface area contributed by atoms with Crippen LogP contribution in [0.25, 0.3) is 0 Å². The zero-order chi connectivity index (χ0) is 16.4. The van der Waals surface area contributed by atoms with Gasteiger partial charge in [-0.05, 0) is 43.4 Å². The van der Waals surface area contributed by atoms with Crippen LogP contribution < -0.4 is 5.32 Å². The summed E-state index contributed by atoms with van der Waals surface area (Å²) in [6.07, 6.45) is 3.88. The van der Waals surface area contributed by atoms with Gasteiger partial charge in [0.2, 0.25) is 0 Å². The van der Waals surface area contributed by atoms with Crippen molar-refractivity contribution in [1.82, 2.24) is 10.2 Å². The summed E-state index contributed by atoms with van der Waals surface area (Å²) in [5.74, 6) is -0.826. The Hall–Kier alpha value is -1.10. The van der Waals surface area contributed by atoms with Crippen LogP contribution in [0.2, 0.25) is 0 Å². The van der Waals surface area contributed by atoms with Gasteiger partial charge in [-0.15, -0.1) is 0 Å². The van der Waals surface area contributed by atoms with Crippen molar-refractivity contribution in [2.45, 2.75) is 59.4 Å². The maximum Gasteiger partial charge on any atom is 0.312 e. The van der Waals surface area contributed by atoms with Gasteiger partial charge in [-0.1, -0.05) is 20.8 Å². The average molecular weight is 310 g/mol. The molecule has 0 spiro atoms. The second-order valence-electron chi connectivity index (χ2n) is 7.95. The number of carbonyl (C=O) groups is 2. The monoisotopic (exact) mass is 310 g/mol. The van der Waals surface area contributed by atoms with Crippen LogP contribution >= 0.6 is 0 Å². The maximum absolute atomic E-state index is 12.4. The molecule has 1 aliphatic heterocycles. The maximum atomic E-state index is 12.4. The number of hydrogen-bond donors (Lipinski definition) is 1. The smallest absolute Gasteiger partial charge is 0.312 e. The van der Waals surface area contributed by atoms with E-state index in [1.807, 2.05) is 11.8 Å². The number of ether oxygens (including phenoxy) is 1. The molecule has 1 N–H and O–H groups in total. The summed E-state index contributed by atoms with van der Waals surface area (Å²) in [4.78, 5) is 26.3. The van der Waals surface area contributed by atoms with Crippen molar-refractivity contribution in [3.63, 3.8) is 0 Å². The van der Waals surface area contributed by atoms with Crippen LogP contribution in [0.1, 0.15) is 53.4 Å². The Kier molecular flexibility index (Phi) is 5.15. The highest BCUT2D eigenvalue weighted by Gasteiger charge is 2.51. The first-order valence-corrected chi connectivity index (χ1v) is 8.43. The number of nitrogens with one attached hydrogen (secondary N) is 1. The number of hydrogen-bond acceptors (Lipinski definition) is 3. The Morgan fingerprint density at radius 2 is 2.00 bits per heavy atom. The molecule has 2 bridgehead atoms. The Labute approximate surface area is 133 Å². The van der Waals surface area contributed by atoms with Gasteiger partial charge >= 0.3 is 11.8 Å². The first-order chi connectivity index (χ1) is 10.3. The Morgan fingerprint density at radius 1 is 1.27 bits per heavy atom. The van der Waals surface area contributed by atoms with E-state index >= 15 is 0 Å². The predicted molar refractivity (Wildman–Crippen MR) is 85.4 cm³/mol. The van der Waals surface area contributed by atoms with Crippen LogP contribution in [0.15, 0.2) is 0 Å². The minimum absolute atomic E-state index is 0.164. The minimum Gasteiger partial charge on any atom is -0.382 e. The SMILES string of the molecule is CCOCCCNC(=O)C(=O)N1CC2(C)CC1CC(C)(C)C2. The second kappa shape index (κ2) is 6.57. The number of fused-ring (bicyclic) bond motifs is 2. The van der Waals surface area contributed by atoms with Crippen LogP contribution in [0.5, 0.6) is 0 Å². The minimum atomic E-state index is -0.467. The van der Waals surface area contributed by atoms with Gasteiger partial charge in [0.1, 0.15) is 0 Å². The summed E-state index contributed by atoms with van der Waals surface area (Å²) >= 11 is 0. The van der Waals surface area contributed by atoms with E-state index < -0.39 is 5.91 Å². The summed E-state index contributed by atoms with van der Waals surface area (Å²) < 4.78 is 5.22. The molecule has 2 atom stereocenters. The number of nitrogens with zero attached hydrogens (tertiary/aromatic N) is 1. The number of rotatable bonds is 5. The van der Waals surface area contributed by atoms with Crippen molar-refractivity contribution < 1.29 is 14.3 Å². The largest absolute Gasteiger partial charge is 0.382 e. The van der Waals surface area contributed by atoms with E-state index in [1.165, 1.54) is 0 Å². The van der Waals surface area contributed by atoms with E-state index in [2.05, 4.69) is 26.1 Å². The first-order valence-electron chi connectivity index (χ1n) is 8.43. The van der Waals surface area contributed by atoms with Crippen molar-refractivity contribution in [2.24, 2.45) is 10.8 Å². The van der Waals surface area contributed by atoms with E-state index in [4.69, 9.17) is 4.74 Å². The Morgan fingerprint density at radius 3 is 2.68 bits per heavy atom. The molecule has 2 rings (SSSR count). The van der Waals surface area contributed by atoms with Crippen LogP contribution in [-0.4, -0.2) is 49.1 Å². The fourth-order valence-corrected chi connectivity index (χ4v) is 4.42. The van der Waals surface area contributed by atoms with Crippen molar-refractivity contribution in [2.75, 3.05) is 26.3 Å². The molecular weight excluding hydrogens is 280 g/mol. The van der Waals surface area contributed by atoms with Crippen molar-refractivity contribution in [3.8, 4) is 0 Å². The third-order valence-electron chi connectivity index (χ3n) is 4.83. The van der Waals surface area contributed by atoms with Gasteiger partial charge in [0.05, 0.1) is 0 Å². The summed E-state index contributed by atoms with van der Waals surface area (Å²) in [7, 11) is 0. The molecule has 1 heterocycles. The zero-order valence-electron chi connectivity index (χ0n) is 14.4. The molecule has 0 radical (unpaired) electrons. The van der Waals surface area contributed by atoms with E-state index in [-0.39, 0.29) is 22.8 Å². The molecule has 0 aromatic rings. The standard InChI is InChI=1S/C17H30N2O3/c1-5-22-8-6-7-18-14(20)15(21)19-12-17(4)10-13(19)9-16(2,3)11-17/h13H,5-12H2,1-4H3,(H,18,20). The summed E-state index contributed by atoms with van der Waals surface area (Å²) in [5.41, 5.74) is 0.415. The lowest BCUT2D eigenvalue weighted by Gasteiger charge is -2.39. The molecule has 1 aliphatic carbocycles. The van der Waals surface area contributed by atoms with Crippen molar-refractivity contribution >= 4 is 11.8 Å². The molecule has 2 fully saturated rings. The average Bonchev–Trinajstić information content (AvgIpc) is 2.66.